The molecule has 11 nitrogen and oxygen atoms in total. The molecule has 1 saturated heterocycles. The molecule has 0 saturated carbocycles. The van der Waals surface area contributed by atoms with E-state index in [1.807, 2.05) is 18.2 Å². The molecular formula is C21H17N5O6. The number of hydrogen-bond donors (Lipinski definition) is 1. The molecule has 32 heavy (non-hydrogen) atoms. The molecule has 1 aliphatic heterocycles. The van der Waals surface area contributed by atoms with Gasteiger partial charge in [-0.25, -0.2) is 9.80 Å². The van der Waals surface area contributed by atoms with Crippen molar-refractivity contribution in [3.63, 3.8) is 0 Å². The Kier molecular flexibility index (Phi) is 5.62. The van der Waals surface area contributed by atoms with E-state index in [1.54, 1.807) is 12.1 Å². The highest BCUT2D eigenvalue weighted by Gasteiger charge is 2.20. The van der Waals surface area contributed by atoms with Crippen LogP contribution in [0.15, 0.2) is 64.1 Å². The SMILES string of the molecule is O=C1NCCN1N=Cc1ccc([N+](=O)[O-])o1.O=[N+]([O-])c1ccc2c(c1)Cc1ccccc1-2. The van der Waals surface area contributed by atoms with E-state index in [9.17, 15) is 25.0 Å². The summed E-state index contributed by atoms with van der Waals surface area (Å²) >= 11 is 0. The van der Waals surface area contributed by atoms with Gasteiger partial charge in [-0.3, -0.25) is 20.2 Å². The number of amides is 2. The van der Waals surface area contributed by atoms with Crippen LogP contribution in [0.2, 0.25) is 0 Å². The number of benzene rings is 2. The largest absolute Gasteiger partial charge is 0.433 e. The van der Waals surface area contributed by atoms with Crippen molar-refractivity contribution in [3.05, 3.63) is 91.7 Å². The van der Waals surface area contributed by atoms with E-state index in [-0.39, 0.29) is 28.3 Å². The summed E-state index contributed by atoms with van der Waals surface area (Å²) < 4.78 is 4.83. The van der Waals surface area contributed by atoms with Gasteiger partial charge in [-0.15, -0.1) is 0 Å². The highest BCUT2D eigenvalue weighted by molar-refractivity contribution is 5.81. The van der Waals surface area contributed by atoms with Crippen LogP contribution < -0.4 is 5.32 Å². The summed E-state index contributed by atoms with van der Waals surface area (Å²) in [6.45, 7) is 1.01. The minimum absolute atomic E-state index is 0.173. The Morgan fingerprint density at radius 2 is 1.78 bits per heavy atom. The molecule has 2 heterocycles. The molecule has 1 N–H and O–H groups in total. The normalized spacial score (nSPS) is 13.9. The summed E-state index contributed by atoms with van der Waals surface area (Å²) in [5.41, 5.74) is 4.80. The Labute approximate surface area is 181 Å². The number of furan rings is 1. The maximum absolute atomic E-state index is 11.1. The van der Waals surface area contributed by atoms with Crippen LogP contribution >= 0.6 is 0 Å². The van der Waals surface area contributed by atoms with Crippen LogP contribution in [0.4, 0.5) is 16.4 Å². The molecule has 1 aliphatic carbocycles. The molecule has 0 unspecified atom stereocenters. The summed E-state index contributed by atoms with van der Waals surface area (Å²) in [6.07, 6.45) is 2.06. The van der Waals surface area contributed by atoms with Crippen LogP contribution in [0.3, 0.4) is 0 Å². The number of nitro benzene ring substituents is 1. The third kappa shape index (κ3) is 4.31. The first-order valence-electron chi connectivity index (χ1n) is 9.61. The number of nitro groups is 2. The Balaban J connectivity index is 0.000000153. The fourth-order valence-electron chi connectivity index (χ4n) is 3.45. The Morgan fingerprint density at radius 3 is 2.47 bits per heavy atom. The number of carbonyl (C=O) groups is 1. The van der Waals surface area contributed by atoms with E-state index < -0.39 is 4.92 Å². The molecule has 0 bridgehead atoms. The standard InChI is InChI=1S/C13H9NO2.C8H8N4O4/c15-14(16)11-5-6-13-10(8-11)7-9-3-1-2-4-12(9)13;13-8-9-3-4-11(8)10-5-6-1-2-7(16-6)12(14)15/h1-6,8H,7H2;1-2,5H,3-4H2,(H,9,13). The number of hydrogen-bond acceptors (Lipinski definition) is 7. The molecule has 2 aromatic carbocycles. The molecular weight excluding hydrogens is 418 g/mol. The van der Waals surface area contributed by atoms with Crippen LogP contribution in [-0.4, -0.2) is 40.2 Å². The molecule has 2 aliphatic rings. The predicted molar refractivity (Wildman–Crippen MR) is 114 cm³/mol. The second kappa shape index (κ2) is 8.68. The zero-order valence-electron chi connectivity index (χ0n) is 16.6. The Hall–Kier alpha value is -4.54. The third-order valence-electron chi connectivity index (χ3n) is 4.94. The van der Waals surface area contributed by atoms with Crippen molar-refractivity contribution < 1.29 is 19.1 Å². The summed E-state index contributed by atoms with van der Waals surface area (Å²) in [5, 5.41) is 28.6. The summed E-state index contributed by atoms with van der Waals surface area (Å²) in [7, 11) is 0. The molecule has 3 aromatic rings. The van der Waals surface area contributed by atoms with Crippen LogP contribution in [0, 0.1) is 20.2 Å². The number of rotatable bonds is 4. The van der Waals surface area contributed by atoms with E-state index in [0.29, 0.717) is 13.1 Å². The first-order valence-corrected chi connectivity index (χ1v) is 9.61. The number of nitrogens with one attached hydrogen (secondary N) is 1. The van der Waals surface area contributed by atoms with Gasteiger partial charge in [0.1, 0.15) is 4.92 Å². The van der Waals surface area contributed by atoms with Gasteiger partial charge in [-0.1, -0.05) is 24.3 Å². The van der Waals surface area contributed by atoms with Gasteiger partial charge < -0.3 is 9.73 Å². The van der Waals surface area contributed by atoms with Gasteiger partial charge in [0.05, 0.1) is 23.7 Å². The fourth-order valence-corrected chi connectivity index (χ4v) is 3.45. The van der Waals surface area contributed by atoms with Gasteiger partial charge in [0.2, 0.25) is 0 Å². The molecule has 2 amide bonds. The number of carbonyl (C=O) groups excluding carboxylic acids is 1. The van der Waals surface area contributed by atoms with Crippen LogP contribution in [0.1, 0.15) is 16.9 Å². The van der Waals surface area contributed by atoms with Gasteiger partial charge in [0.25, 0.3) is 5.69 Å². The predicted octanol–water partition coefficient (Wildman–Crippen LogP) is 3.71. The molecule has 11 heteroatoms. The molecule has 0 spiro atoms. The van der Waals surface area contributed by atoms with Gasteiger partial charge in [-0.05, 0) is 40.8 Å². The summed E-state index contributed by atoms with van der Waals surface area (Å²) in [4.78, 5) is 31.1. The lowest BCUT2D eigenvalue weighted by Gasteiger charge is -2.03. The van der Waals surface area contributed by atoms with Crippen LogP contribution in [-0.2, 0) is 6.42 Å². The van der Waals surface area contributed by atoms with Crippen molar-refractivity contribution in [1.82, 2.24) is 10.3 Å². The van der Waals surface area contributed by atoms with Crippen LogP contribution in [0.5, 0.6) is 0 Å². The zero-order valence-corrected chi connectivity index (χ0v) is 16.6. The maximum atomic E-state index is 11.1. The number of urea groups is 1. The smallest absolute Gasteiger partial charge is 0.400 e. The minimum Gasteiger partial charge on any atom is -0.400 e. The van der Waals surface area contributed by atoms with Crippen molar-refractivity contribution in [2.75, 3.05) is 13.1 Å². The number of fused-ring (bicyclic) bond motifs is 3. The van der Waals surface area contributed by atoms with Crippen molar-refractivity contribution in [3.8, 4) is 11.1 Å². The van der Waals surface area contributed by atoms with Crippen molar-refractivity contribution in [2.24, 2.45) is 5.10 Å². The first kappa shape index (κ1) is 20.7. The van der Waals surface area contributed by atoms with Crippen LogP contribution in [0.25, 0.3) is 11.1 Å². The second-order valence-corrected chi connectivity index (χ2v) is 6.97. The number of hydrazone groups is 1. The summed E-state index contributed by atoms with van der Waals surface area (Å²) in [5.74, 6) is -0.126. The lowest BCUT2D eigenvalue weighted by atomic mass is 10.1. The second-order valence-electron chi connectivity index (χ2n) is 6.97. The topological polar surface area (TPSA) is 144 Å². The highest BCUT2D eigenvalue weighted by Crippen LogP contribution is 2.37. The molecule has 162 valence electrons. The molecule has 1 fully saturated rings. The molecule has 0 atom stereocenters. The summed E-state index contributed by atoms with van der Waals surface area (Å²) in [6, 6.07) is 15.6. The quantitative estimate of drug-likeness (QED) is 0.294. The van der Waals surface area contributed by atoms with Crippen molar-refractivity contribution in [2.45, 2.75) is 6.42 Å². The number of non-ortho nitro benzene ring substituents is 1. The maximum Gasteiger partial charge on any atom is 0.433 e. The monoisotopic (exact) mass is 435 g/mol. The van der Waals surface area contributed by atoms with Gasteiger partial charge in [-0.2, -0.15) is 5.10 Å². The lowest BCUT2D eigenvalue weighted by molar-refractivity contribution is -0.402. The molecule has 1 aromatic heterocycles. The molecule has 5 rings (SSSR count). The highest BCUT2D eigenvalue weighted by atomic mass is 16.6. The average Bonchev–Trinajstić information content (AvgIpc) is 3.50. The lowest BCUT2D eigenvalue weighted by Crippen LogP contribution is -2.23. The molecule has 0 radical (unpaired) electrons. The van der Waals surface area contributed by atoms with Gasteiger partial charge in [0, 0.05) is 18.7 Å². The zero-order chi connectivity index (χ0) is 22.7. The minimum atomic E-state index is -0.639. The van der Waals surface area contributed by atoms with E-state index >= 15 is 0 Å². The number of nitrogens with zero attached hydrogens (tertiary/aromatic N) is 4. The Bertz CT molecular complexity index is 1230. The Morgan fingerprint density at radius 1 is 1.00 bits per heavy atom. The van der Waals surface area contributed by atoms with Gasteiger partial charge >= 0.3 is 11.9 Å². The van der Waals surface area contributed by atoms with E-state index in [0.717, 1.165) is 17.5 Å². The van der Waals surface area contributed by atoms with E-state index in [4.69, 9.17) is 4.42 Å². The fraction of sp³-hybridized carbons (Fsp3) is 0.143. The van der Waals surface area contributed by atoms with Gasteiger partial charge in [0.15, 0.2) is 5.76 Å². The first-order chi connectivity index (χ1) is 15.4. The van der Waals surface area contributed by atoms with Crippen molar-refractivity contribution >= 4 is 23.8 Å². The van der Waals surface area contributed by atoms with E-state index in [2.05, 4.69) is 22.6 Å². The van der Waals surface area contributed by atoms with Crippen molar-refractivity contribution in [1.29, 1.82) is 0 Å². The average molecular weight is 435 g/mol. The third-order valence-corrected chi connectivity index (χ3v) is 4.94. The van der Waals surface area contributed by atoms with E-state index in [1.165, 1.54) is 34.5 Å².